The van der Waals surface area contributed by atoms with Gasteiger partial charge in [-0.1, -0.05) is 6.42 Å². The summed E-state index contributed by atoms with van der Waals surface area (Å²) in [4.78, 5) is 12.5. The molecular weight excluding hydrogens is 359 g/mol. The van der Waals surface area contributed by atoms with Gasteiger partial charge in [-0.3, -0.25) is 4.79 Å². The third-order valence-corrected chi connectivity index (χ3v) is 5.46. The first-order chi connectivity index (χ1) is 13.4. The Morgan fingerprint density at radius 1 is 1.25 bits per heavy atom. The summed E-state index contributed by atoms with van der Waals surface area (Å²) in [6.07, 6.45) is 3.41. The minimum atomic E-state index is -0.321. The van der Waals surface area contributed by atoms with Crippen molar-refractivity contribution in [2.45, 2.75) is 52.5 Å². The van der Waals surface area contributed by atoms with Crippen molar-refractivity contribution in [3.63, 3.8) is 0 Å². The highest BCUT2D eigenvalue weighted by Gasteiger charge is 2.26. The van der Waals surface area contributed by atoms with Crippen LogP contribution in [0.3, 0.4) is 0 Å². The summed E-state index contributed by atoms with van der Waals surface area (Å²) in [6, 6.07) is 6.27. The van der Waals surface area contributed by atoms with Gasteiger partial charge in [0.1, 0.15) is 12.4 Å². The Balaban J connectivity index is 1.52. The van der Waals surface area contributed by atoms with Gasteiger partial charge in [0.2, 0.25) is 17.7 Å². The molecule has 0 radical (unpaired) electrons. The monoisotopic (exact) mass is 382 g/mol. The van der Waals surface area contributed by atoms with Gasteiger partial charge in [-0.25, -0.2) is 4.39 Å². The number of anilines is 1. The van der Waals surface area contributed by atoms with Gasteiger partial charge in [0, 0.05) is 23.0 Å². The second kappa shape index (κ2) is 7.22. The van der Waals surface area contributed by atoms with Crippen LogP contribution in [0.2, 0.25) is 0 Å². The molecule has 2 heterocycles. The van der Waals surface area contributed by atoms with Gasteiger partial charge in [0.05, 0.1) is 5.56 Å². The van der Waals surface area contributed by atoms with E-state index >= 15 is 0 Å². The van der Waals surface area contributed by atoms with Crippen molar-refractivity contribution in [3.05, 3.63) is 52.9 Å². The molecule has 4 rings (SSSR count). The Kier molecular flexibility index (Phi) is 4.75. The summed E-state index contributed by atoms with van der Waals surface area (Å²) in [5, 5.41) is 11.2. The van der Waals surface area contributed by atoms with Crippen LogP contribution in [-0.4, -0.2) is 20.7 Å². The lowest BCUT2D eigenvalue weighted by Gasteiger charge is -2.20. The molecule has 0 atom stereocenters. The fourth-order valence-corrected chi connectivity index (χ4v) is 3.53. The van der Waals surface area contributed by atoms with E-state index < -0.39 is 0 Å². The zero-order valence-corrected chi connectivity index (χ0v) is 16.3. The van der Waals surface area contributed by atoms with Gasteiger partial charge in [-0.2, -0.15) is 0 Å². The zero-order valence-electron chi connectivity index (χ0n) is 16.3. The smallest absolute Gasteiger partial charge is 0.249 e. The molecule has 0 saturated heterocycles. The van der Waals surface area contributed by atoms with Gasteiger partial charge >= 0.3 is 0 Å². The first kappa shape index (κ1) is 18.4. The van der Waals surface area contributed by atoms with Crippen molar-refractivity contribution in [1.82, 2.24) is 14.8 Å². The largest absolute Gasteiger partial charge is 0.420 e. The summed E-state index contributed by atoms with van der Waals surface area (Å²) in [5.74, 6) is 1.09. The number of rotatable bonds is 5. The minimum absolute atomic E-state index is 0.151. The molecule has 6 nitrogen and oxygen atoms in total. The molecule has 0 bridgehead atoms. The van der Waals surface area contributed by atoms with E-state index in [1.54, 1.807) is 13.0 Å². The van der Waals surface area contributed by atoms with Crippen molar-refractivity contribution in [2.24, 2.45) is 0 Å². The maximum atomic E-state index is 13.2. The lowest BCUT2D eigenvalue weighted by molar-refractivity contribution is -0.116. The zero-order chi connectivity index (χ0) is 19.8. The van der Waals surface area contributed by atoms with E-state index in [0.717, 1.165) is 29.8 Å². The van der Waals surface area contributed by atoms with Crippen molar-refractivity contribution in [1.29, 1.82) is 0 Å². The van der Waals surface area contributed by atoms with E-state index in [4.69, 9.17) is 4.42 Å². The van der Waals surface area contributed by atoms with Crippen LogP contribution in [0.4, 0.5) is 10.1 Å². The number of aromatic nitrogens is 3. The van der Waals surface area contributed by atoms with Gasteiger partial charge in [-0.05, 0) is 63.4 Å². The maximum Gasteiger partial charge on any atom is 0.249 e. The number of hydrogen-bond acceptors (Lipinski definition) is 4. The van der Waals surface area contributed by atoms with E-state index in [9.17, 15) is 9.18 Å². The summed E-state index contributed by atoms with van der Waals surface area (Å²) in [6.45, 7) is 5.79. The van der Waals surface area contributed by atoms with Crippen molar-refractivity contribution in [3.8, 4) is 11.5 Å². The Hall–Kier alpha value is -2.96. The van der Waals surface area contributed by atoms with Crippen LogP contribution < -0.4 is 5.32 Å². The molecule has 3 aromatic rings. The van der Waals surface area contributed by atoms with Crippen LogP contribution in [0.1, 0.15) is 48.0 Å². The fourth-order valence-electron chi connectivity index (χ4n) is 3.53. The van der Waals surface area contributed by atoms with E-state index in [0.29, 0.717) is 29.0 Å². The molecule has 1 aliphatic carbocycles. The molecule has 28 heavy (non-hydrogen) atoms. The Bertz CT molecular complexity index is 1030. The molecule has 1 saturated carbocycles. The van der Waals surface area contributed by atoms with Crippen LogP contribution in [-0.2, 0) is 11.3 Å². The number of carbonyl (C=O) groups is 1. The average Bonchev–Trinajstić information content (AvgIpc) is 3.16. The molecule has 1 aromatic carbocycles. The third-order valence-electron chi connectivity index (χ3n) is 5.46. The first-order valence-electron chi connectivity index (χ1n) is 9.49. The highest BCUT2D eigenvalue weighted by molar-refractivity contribution is 5.91. The first-order valence-corrected chi connectivity index (χ1v) is 9.49. The fraction of sp³-hybridized carbons (Fsp3) is 0.381. The SMILES string of the molecule is Cc1cc(F)ccc1NC(=O)Cn1c(C)cc(-c2nnc(C3CCC3)o2)c1C. The molecule has 7 heteroatoms. The van der Waals surface area contributed by atoms with Crippen molar-refractivity contribution in [2.75, 3.05) is 5.32 Å². The molecular formula is C21H23FN4O2. The molecule has 146 valence electrons. The number of halogens is 1. The summed E-state index contributed by atoms with van der Waals surface area (Å²) >= 11 is 0. The minimum Gasteiger partial charge on any atom is -0.420 e. The maximum absolute atomic E-state index is 13.2. The number of benzene rings is 1. The van der Waals surface area contributed by atoms with Gasteiger partial charge < -0.3 is 14.3 Å². The summed E-state index contributed by atoms with van der Waals surface area (Å²) in [7, 11) is 0. The lowest BCUT2D eigenvalue weighted by atomic mass is 9.85. The number of carbonyl (C=O) groups excluding carboxylic acids is 1. The second-order valence-electron chi connectivity index (χ2n) is 7.45. The van der Waals surface area contributed by atoms with Crippen LogP contribution in [0, 0.1) is 26.6 Å². The predicted octanol–water partition coefficient (Wildman–Crippen LogP) is 4.51. The highest BCUT2D eigenvalue weighted by Crippen LogP contribution is 2.37. The van der Waals surface area contributed by atoms with Crippen molar-refractivity contribution < 1.29 is 13.6 Å². The summed E-state index contributed by atoms with van der Waals surface area (Å²) < 4.78 is 21.0. The number of nitrogens with one attached hydrogen (secondary N) is 1. The highest BCUT2D eigenvalue weighted by atomic mass is 19.1. The standard InChI is InChI=1S/C21H23FN4O2/c1-12-9-16(22)7-8-18(12)23-19(27)11-26-13(2)10-17(14(26)3)21-25-24-20(28-21)15-5-4-6-15/h7-10,15H,4-6,11H2,1-3H3,(H,23,27). The van der Waals surface area contributed by atoms with Crippen LogP contribution in [0.15, 0.2) is 28.7 Å². The van der Waals surface area contributed by atoms with Crippen molar-refractivity contribution >= 4 is 11.6 Å². The number of aryl methyl sites for hydroxylation is 2. The Labute approximate surface area is 162 Å². The third kappa shape index (κ3) is 3.44. The molecule has 1 aliphatic rings. The van der Waals surface area contributed by atoms with Crippen LogP contribution in [0.25, 0.3) is 11.5 Å². The van der Waals surface area contributed by atoms with Crippen LogP contribution >= 0.6 is 0 Å². The van der Waals surface area contributed by atoms with E-state index in [2.05, 4.69) is 15.5 Å². The molecule has 1 fully saturated rings. The normalized spacial score (nSPS) is 14.1. The predicted molar refractivity (Wildman–Crippen MR) is 104 cm³/mol. The van der Waals surface area contributed by atoms with Gasteiger partial charge in [-0.15, -0.1) is 10.2 Å². The molecule has 0 spiro atoms. The summed E-state index contributed by atoms with van der Waals surface area (Å²) in [5.41, 5.74) is 3.97. The molecule has 2 aromatic heterocycles. The quantitative estimate of drug-likeness (QED) is 0.705. The molecule has 1 N–H and O–H groups in total. The number of nitrogens with zero attached hydrogens (tertiary/aromatic N) is 3. The molecule has 0 aliphatic heterocycles. The average molecular weight is 382 g/mol. The number of amides is 1. The lowest BCUT2D eigenvalue weighted by Crippen LogP contribution is -2.20. The van der Waals surface area contributed by atoms with E-state index in [-0.39, 0.29) is 18.3 Å². The second-order valence-corrected chi connectivity index (χ2v) is 7.45. The Morgan fingerprint density at radius 3 is 2.71 bits per heavy atom. The molecule has 0 unspecified atom stereocenters. The van der Waals surface area contributed by atoms with E-state index in [1.165, 1.54) is 18.6 Å². The Morgan fingerprint density at radius 2 is 2.04 bits per heavy atom. The van der Waals surface area contributed by atoms with E-state index in [1.807, 2.05) is 24.5 Å². The number of hydrogen-bond donors (Lipinski definition) is 1. The van der Waals surface area contributed by atoms with Gasteiger partial charge in [0.25, 0.3) is 0 Å². The topological polar surface area (TPSA) is 73.0 Å². The van der Waals surface area contributed by atoms with Crippen LogP contribution in [0.5, 0.6) is 0 Å². The molecule has 1 amide bonds. The van der Waals surface area contributed by atoms with Gasteiger partial charge in [0.15, 0.2) is 0 Å².